The van der Waals surface area contributed by atoms with Gasteiger partial charge in [0.05, 0.1) is 13.2 Å². The lowest BCUT2D eigenvalue weighted by Crippen LogP contribution is -2.42. The zero-order chi connectivity index (χ0) is 19.3. The summed E-state index contributed by atoms with van der Waals surface area (Å²) in [6, 6.07) is 18.3. The Kier molecular flexibility index (Phi) is 6.45. The van der Waals surface area contributed by atoms with Crippen molar-refractivity contribution in [2.45, 2.75) is 29.9 Å². The maximum absolute atomic E-state index is 10.7. The molecule has 2 aliphatic rings. The minimum atomic E-state index is -0.412. The number of fused-ring (bicyclic) bond motifs is 1. The van der Waals surface area contributed by atoms with Gasteiger partial charge in [-0.1, -0.05) is 30.3 Å². The fraction of sp³-hybridized carbons (Fsp3) is 0.478. The summed E-state index contributed by atoms with van der Waals surface area (Å²) in [7, 11) is 1.65. The first-order valence-electron chi connectivity index (χ1n) is 10.1. The predicted molar refractivity (Wildman–Crippen MR) is 113 cm³/mol. The van der Waals surface area contributed by atoms with Crippen LogP contribution in [0.4, 0.5) is 0 Å². The second-order valence-corrected chi connectivity index (χ2v) is 8.96. The molecule has 1 heterocycles. The number of ether oxygens (including phenoxy) is 2. The molecule has 150 valence electrons. The SMILES string of the molecule is COc1ccccc1O[C@@H]1C[C@@H]2CN(CCSc3ccccc3)C[C@@H]2C[C@H]1O. The summed E-state index contributed by atoms with van der Waals surface area (Å²) in [5, 5.41) is 10.7. The summed E-state index contributed by atoms with van der Waals surface area (Å²) >= 11 is 1.92. The lowest BCUT2D eigenvalue weighted by molar-refractivity contribution is -0.0240. The molecule has 0 radical (unpaired) electrons. The largest absolute Gasteiger partial charge is 0.493 e. The van der Waals surface area contributed by atoms with Gasteiger partial charge in [-0.25, -0.2) is 0 Å². The number of likely N-dealkylation sites (tertiary alicyclic amines) is 1. The molecule has 2 aromatic rings. The van der Waals surface area contributed by atoms with E-state index in [0.29, 0.717) is 11.8 Å². The number of methoxy groups -OCH3 is 1. The third-order valence-corrected chi connectivity index (χ3v) is 6.92. The molecule has 1 N–H and O–H groups in total. The molecule has 2 fully saturated rings. The van der Waals surface area contributed by atoms with Gasteiger partial charge in [-0.15, -0.1) is 11.8 Å². The Bertz CT molecular complexity index is 757. The fourth-order valence-corrected chi connectivity index (χ4v) is 5.42. The molecular weight excluding hydrogens is 370 g/mol. The van der Waals surface area contributed by atoms with Gasteiger partial charge in [0.25, 0.3) is 0 Å². The fourth-order valence-electron chi connectivity index (χ4n) is 4.49. The van der Waals surface area contributed by atoms with Gasteiger partial charge in [0.15, 0.2) is 11.5 Å². The van der Waals surface area contributed by atoms with Crippen molar-refractivity contribution in [3.8, 4) is 11.5 Å². The number of aliphatic hydroxyl groups excluding tert-OH is 1. The highest BCUT2D eigenvalue weighted by atomic mass is 32.2. The standard InChI is InChI=1S/C23H29NO3S/c1-26-21-9-5-6-10-22(21)27-23-14-18-16-24(15-17(18)13-20(23)25)11-12-28-19-7-3-2-4-8-19/h2-10,17-18,20,23,25H,11-16H2,1H3/t17-,18+,20+,23+/m0/s1. The molecular formula is C23H29NO3S. The Labute approximate surface area is 171 Å². The Morgan fingerprint density at radius 2 is 1.64 bits per heavy atom. The van der Waals surface area contributed by atoms with Crippen LogP contribution in [0.1, 0.15) is 12.8 Å². The van der Waals surface area contributed by atoms with Crippen molar-refractivity contribution in [3.63, 3.8) is 0 Å². The molecule has 0 unspecified atom stereocenters. The molecule has 0 bridgehead atoms. The van der Waals surface area contributed by atoms with E-state index in [9.17, 15) is 5.11 Å². The van der Waals surface area contributed by atoms with E-state index in [0.717, 1.165) is 49.7 Å². The third-order valence-electron chi connectivity index (χ3n) is 5.93. The van der Waals surface area contributed by atoms with Crippen LogP contribution in [0.2, 0.25) is 0 Å². The molecule has 5 heteroatoms. The van der Waals surface area contributed by atoms with Gasteiger partial charge >= 0.3 is 0 Å². The van der Waals surface area contributed by atoms with Crippen molar-refractivity contribution in [3.05, 3.63) is 54.6 Å². The van der Waals surface area contributed by atoms with Crippen LogP contribution in [0.15, 0.2) is 59.5 Å². The Balaban J connectivity index is 1.29. The number of benzene rings is 2. The smallest absolute Gasteiger partial charge is 0.161 e. The van der Waals surface area contributed by atoms with Crippen LogP contribution in [0, 0.1) is 11.8 Å². The van der Waals surface area contributed by atoms with Crippen molar-refractivity contribution in [1.82, 2.24) is 4.90 Å². The number of hydrogen-bond acceptors (Lipinski definition) is 5. The Hall–Kier alpha value is -1.69. The van der Waals surface area contributed by atoms with Gasteiger partial charge in [-0.3, -0.25) is 0 Å². The Morgan fingerprint density at radius 1 is 0.964 bits per heavy atom. The van der Waals surface area contributed by atoms with Crippen LogP contribution in [-0.4, -0.2) is 54.7 Å². The molecule has 4 atom stereocenters. The molecule has 1 saturated carbocycles. The molecule has 4 rings (SSSR count). The second kappa shape index (κ2) is 9.21. The van der Waals surface area contributed by atoms with Gasteiger partial charge in [0.2, 0.25) is 0 Å². The minimum absolute atomic E-state index is 0.156. The number of para-hydroxylation sites is 2. The predicted octanol–water partition coefficient (Wildman–Crippen LogP) is 3.94. The van der Waals surface area contributed by atoms with E-state index in [-0.39, 0.29) is 6.10 Å². The van der Waals surface area contributed by atoms with E-state index in [2.05, 4.69) is 35.2 Å². The zero-order valence-corrected chi connectivity index (χ0v) is 17.2. The average Bonchev–Trinajstić information content (AvgIpc) is 3.11. The molecule has 1 aliphatic heterocycles. The van der Waals surface area contributed by atoms with Crippen molar-refractivity contribution in [2.75, 3.05) is 32.5 Å². The topological polar surface area (TPSA) is 41.9 Å². The molecule has 2 aromatic carbocycles. The molecule has 28 heavy (non-hydrogen) atoms. The van der Waals surface area contributed by atoms with Crippen LogP contribution in [0.25, 0.3) is 0 Å². The Morgan fingerprint density at radius 3 is 2.39 bits per heavy atom. The van der Waals surface area contributed by atoms with E-state index in [1.807, 2.05) is 36.0 Å². The lowest BCUT2D eigenvalue weighted by Gasteiger charge is -2.35. The van der Waals surface area contributed by atoms with Crippen molar-refractivity contribution < 1.29 is 14.6 Å². The summed E-state index contributed by atoms with van der Waals surface area (Å²) in [4.78, 5) is 3.89. The van der Waals surface area contributed by atoms with Gasteiger partial charge in [-0.2, -0.15) is 0 Å². The number of hydrogen-bond donors (Lipinski definition) is 1. The van der Waals surface area contributed by atoms with E-state index in [4.69, 9.17) is 9.47 Å². The van der Waals surface area contributed by atoms with Crippen molar-refractivity contribution in [1.29, 1.82) is 0 Å². The number of aliphatic hydroxyl groups is 1. The summed E-state index contributed by atoms with van der Waals surface area (Å²) in [5.41, 5.74) is 0. The van der Waals surface area contributed by atoms with E-state index < -0.39 is 6.10 Å². The quantitative estimate of drug-likeness (QED) is 0.715. The van der Waals surface area contributed by atoms with Gasteiger partial charge in [0, 0.05) is 30.3 Å². The average molecular weight is 400 g/mol. The highest BCUT2D eigenvalue weighted by molar-refractivity contribution is 7.99. The molecule has 0 spiro atoms. The molecule has 0 amide bonds. The van der Waals surface area contributed by atoms with Gasteiger partial charge in [-0.05, 0) is 48.9 Å². The molecule has 4 nitrogen and oxygen atoms in total. The number of nitrogens with zero attached hydrogens (tertiary/aromatic N) is 1. The summed E-state index contributed by atoms with van der Waals surface area (Å²) in [5.74, 6) is 3.73. The molecule has 1 saturated heterocycles. The molecule has 0 aromatic heterocycles. The summed E-state index contributed by atoms with van der Waals surface area (Å²) in [6.45, 7) is 3.30. The van der Waals surface area contributed by atoms with Crippen LogP contribution >= 0.6 is 11.8 Å². The van der Waals surface area contributed by atoms with Crippen LogP contribution in [-0.2, 0) is 0 Å². The maximum Gasteiger partial charge on any atom is 0.161 e. The van der Waals surface area contributed by atoms with Crippen molar-refractivity contribution >= 4 is 11.8 Å². The van der Waals surface area contributed by atoms with Crippen LogP contribution in [0.5, 0.6) is 11.5 Å². The van der Waals surface area contributed by atoms with E-state index in [1.165, 1.54) is 4.90 Å². The summed E-state index contributed by atoms with van der Waals surface area (Å²) in [6.07, 6.45) is 1.17. The zero-order valence-electron chi connectivity index (χ0n) is 16.4. The van der Waals surface area contributed by atoms with Crippen LogP contribution in [0.3, 0.4) is 0 Å². The van der Waals surface area contributed by atoms with Crippen molar-refractivity contribution in [2.24, 2.45) is 11.8 Å². The third kappa shape index (κ3) is 4.65. The normalized spacial score (nSPS) is 27.4. The second-order valence-electron chi connectivity index (χ2n) is 7.79. The number of rotatable bonds is 7. The van der Waals surface area contributed by atoms with Gasteiger partial charge in [0.1, 0.15) is 6.10 Å². The monoisotopic (exact) mass is 399 g/mol. The highest BCUT2D eigenvalue weighted by Gasteiger charge is 2.42. The minimum Gasteiger partial charge on any atom is -0.493 e. The van der Waals surface area contributed by atoms with Crippen LogP contribution < -0.4 is 9.47 Å². The number of thioether (sulfide) groups is 1. The first kappa shape index (κ1) is 19.6. The van der Waals surface area contributed by atoms with E-state index >= 15 is 0 Å². The first-order chi connectivity index (χ1) is 13.7. The highest BCUT2D eigenvalue weighted by Crippen LogP contribution is 2.39. The maximum atomic E-state index is 10.7. The van der Waals surface area contributed by atoms with E-state index in [1.54, 1.807) is 7.11 Å². The first-order valence-corrected chi connectivity index (χ1v) is 11.1. The lowest BCUT2D eigenvalue weighted by atomic mass is 9.78. The van der Waals surface area contributed by atoms with Gasteiger partial charge < -0.3 is 19.5 Å². The molecule has 1 aliphatic carbocycles. The summed E-state index contributed by atoms with van der Waals surface area (Å²) < 4.78 is 11.6.